The summed E-state index contributed by atoms with van der Waals surface area (Å²) in [5, 5.41) is 13.0. The van der Waals surface area contributed by atoms with Crippen LogP contribution in [0.5, 0.6) is 5.75 Å². The molecule has 2 aromatic rings. The van der Waals surface area contributed by atoms with Crippen LogP contribution >= 0.6 is 0 Å². The zero-order valence-electron chi connectivity index (χ0n) is 11.8. The van der Waals surface area contributed by atoms with Gasteiger partial charge in [-0.15, -0.1) is 0 Å². The Morgan fingerprint density at radius 1 is 1.52 bits per heavy atom. The van der Waals surface area contributed by atoms with Crippen molar-refractivity contribution in [3.63, 3.8) is 0 Å². The van der Waals surface area contributed by atoms with E-state index in [1.54, 1.807) is 20.2 Å². The molecule has 1 aromatic heterocycles. The van der Waals surface area contributed by atoms with E-state index in [4.69, 9.17) is 14.4 Å². The fraction of sp³-hybridized carbons (Fsp3) is 0.133. The zero-order valence-corrected chi connectivity index (χ0v) is 11.8. The quantitative estimate of drug-likeness (QED) is 0.673. The van der Waals surface area contributed by atoms with Crippen molar-refractivity contribution in [2.45, 2.75) is 6.92 Å². The molecular formula is C15H14N4O2. The average molecular weight is 282 g/mol. The molecule has 0 aliphatic carbocycles. The lowest BCUT2D eigenvalue weighted by Gasteiger charge is -2.02. The smallest absolute Gasteiger partial charge is 0.252 e. The van der Waals surface area contributed by atoms with Crippen LogP contribution in [-0.2, 0) is 0 Å². The number of nitrogens with zero attached hydrogens (tertiary/aromatic N) is 3. The van der Waals surface area contributed by atoms with E-state index in [-0.39, 0.29) is 11.6 Å². The Morgan fingerprint density at radius 2 is 2.29 bits per heavy atom. The van der Waals surface area contributed by atoms with Crippen molar-refractivity contribution in [1.82, 2.24) is 4.98 Å². The van der Waals surface area contributed by atoms with Crippen molar-refractivity contribution in [1.29, 1.82) is 5.26 Å². The number of oxazole rings is 1. The molecule has 0 aliphatic heterocycles. The van der Waals surface area contributed by atoms with Crippen molar-refractivity contribution < 1.29 is 9.15 Å². The summed E-state index contributed by atoms with van der Waals surface area (Å²) in [4.78, 5) is 4.00. The van der Waals surface area contributed by atoms with Gasteiger partial charge in [-0.05, 0) is 19.1 Å². The summed E-state index contributed by atoms with van der Waals surface area (Å²) in [5.41, 5.74) is 4.22. The van der Waals surface area contributed by atoms with Crippen molar-refractivity contribution in [2.75, 3.05) is 12.5 Å². The average Bonchev–Trinajstić information content (AvgIpc) is 2.91. The van der Waals surface area contributed by atoms with E-state index >= 15 is 0 Å². The van der Waals surface area contributed by atoms with E-state index in [1.807, 2.05) is 30.3 Å². The molecule has 6 heteroatoms. The van der Waals surface area contributed by atoms with E-state index in [0.29, 0.717) is 17.2 Å². The number of nitrogens with one attached hydrogen (secondary N) is 1. The lowest BCUT2D eigenvalue weighted by Crippen LogP contribution is -1.94. The van der Waals surface area contributed by atoms with Crippen LogP contribution in [0.1, 0.15) is 24.1 Å². The molecule has 1 N–H and O–H groups in total. The molecule has 1 heterocycles. The van der Waals surface area contributed by atoms with E-state index in [1.165, 1.54) is 0 Å². The summed E-state index contributed by atoms with van der Waals surface area (Å²) in [6, 6.07) is 9.36. The highest BCUT2D eigenvalue weighted by molar-refractivity contribution is 5.83. The predicted octanol–water partition coefficient (Wildman–Crippen LogP) is 3.03. The van der Waals surface area contributed by atoms with Gasteiger partial charge in [0, 0.05) is 11.1 Å². The van der Waals surface area contributed by atoms with Gasteiger partial charge in [-0.2, -0.15) is 15.3 Å². The Morgan fingerprint density at radius 3 is 2.95 bits per heavy atom. The number of rotatable bonds is 5. The van der Waals surface area contributed by atoms with Gasteiger partial charge in [-0.25, -0.2) is 5.43 Å². The maximum absolute atomic E-state index is 9.00. The maximum Gasteiger partial charge on any atom is 0.252 e. The van der Waals surface area contributed by atoms with Crippen LogP contribution in [0, 0.1) is 11.3 Å². The Balaban J connectivity index is 2.18. The van der Waals surface area contributed by atoms with Gasteiger partial charge >= 0.3 is 0 Å². The van der Waals surface area contributed by atoms with Crippen molar-refractivity contribution in [3.8, 4) is 11.8 Å². The van der Waals surface area contributed by atoms with Crippen LogP contribution in [0.25, 0.3) is 5.57 Å². The fourth-order valence-electron chi connectivity index (χ4n) is 1.59. The standard InChI is InChI=1S/C15H14N4O2/c1-10(2)14-18-12(8-16)15(21-14)19-17-9-11-6-4-5-7-13(11)20-3/h4-7,9,19H,1H2,2-3H3. The fourth-order valence-corrected chi connectivity index (χ4v) is 1.59. The molecule has 21 heavy (non-hydrogen) atoms. The summed E-state index contributed by atoms with van der Waals surface area (Å²) >= 11 is 0. The topological polar surface area (TPSA) is 83.4 Å². The Bertz CT molecular complexity index is 726. The Kier molecular flexibility index (Phi) is 4.36. The third kappa shape index (κ3) is 3.28. The summed E-state index contributed by atoms with van der Waals surface area (Å²) in [5.74, 6) is 1.19. The number of hydrogen-bond acceptors (Lipinski definition) is 6. The van der Waals surface area contributed by atoms with Gasteiger partial charge in [0.2, 0.25) is 11.6 Å². The van der Waals surface area contributed by atoms with Crippen LogP contribution in [0.4, 0.5) is 5.88 Å². The van der Waals surface area contributed by atoms with Gasteiger partial charge in [-0.1, -0.05) is 18.7 Å². The first kappa shape index (κ1) is 14.3. The van der Waals surface area contributed by atoms with Gasteiger partial charge in [0.15, 0.2) is 0 Å². The van der Waals surface area contributed by atoms with E-state index in [0.717, 1.165) is 5.56 Å². The molecule has 0 atom stereocenters. The van der Waals surface area contributed by atoms with Gasteiger partial charge < -0.3 is 9.15 Å². The lowest BCUT2D eigenvalue weighted by atomic mass is 10.2. The lowest BCUT2D eigenvalue weighted by molar-refractivity contribution is 0.414. The summed E-state index contributed by atoms with van der Waals surface area (Å²) in [6.07, 6.45) is 1.57. The molecule has 0 saturated heterocycles. The zero-order chi connectivity index (χ0) is 15.2. The highest BCUT2D eigenvalue weighted by Crippen LogP contribution is 2.21. The van der Waals surface area contributed by atoms with E-state index in [9.17, 15) is 0 Å². The second-order valence-electron chi connectivity index (χ2n) is 4.20. The predicted molar refractivity (Wildman–Crippen MR) is 80.1 cm³/mol. The number of anilines is 1. The molecular weight excluding hydrogens is 268 g/mol. The molecule has 0 spiro atoms. The van der Waals surface area contributed by atoms with Gasteiger partial charge in [0.05, 0.1) is 13.3 Å². The monoisotopic (exact) mass is 282 g/mol. The summed E-state index contributed by atoms with van der Waals surface area (Å²) < 4.78 is 10.6. The molecule has 0 aliphatic rings. The number of benzene rings is 1. The molecule has 0 amide bonds. The number of hydrogen-bond donors (Lipinski definition) is 1. The first-order chi connectivity index (χ1) is 10.2. The molecule has 106 valence electrons. The normalized spacial score (nSPS) is 10.3. The molecule has 2 rings (SSSR count). The second-order valence-corrected chi connectivity index (χ2v) is 4.20. The van der Waals surface area contributed by atoms with E-state index in [2.05, 4.69) is 22.1 Å². The number of methoxy groups -OCH3 is 1. The number of aromatic nitrogens is 1. The minimum Gasteiger partial charge on any atom is -0.496 e. The van der Waals surface area contributed by atoms with Crippen molar-refractivity contribution in [3.05, 3.63) is 48.0 Å². The van der Waals surface area contributed by atoms with Crippen LogP contribution in [0.3, 0.4) is 0 Å². The third-order valence-electron chi connectivity index (χ3n) is 2.61. The molecule has 0 bridgehead atoms. The SMILES string of the molecule is C=C(C)c1nc(C#N)c(NN=Cc2ccccc2OC)o1. The highest BCUT2D eigenvalue weighted by atomic mass is 16.5. The number of para-hydroxylation sites is 1. The number of allylic oxidation sites excluding steroid dienone is 1. The molecule has 6 nitrogen and oxygen atoms in total. The molecule has 0 saturated carbocycles. The van der Waals surface area contributed by atoms with Crippen LogP contribution in [0.2, 0.25) is 0 Å². The van der Waals surface area contributed by atoms with E-state index < -0.39 is 0 Å². The van der Waals surface area contributed by atoms with Crippen molar-refractivity contribution in [2.24, 2.45) is 5.10 Å². The van der Waals surface area contributed by atoms with Gasteiger partial charge in [0.25, 0.3) is 5.88 Å². The first-order valence-corrected chi connectivity index (χ1v) is 6.14. The highest BCUT2D eigenvalue weighted by Gasteiger charge is 2.12. The molecule has 1 aromatic carbocycles. The maximum atomic E-state index is 9.00. The van der Waals surface area contributed by atoms with Crippen LogP contribution in [-0.4, -0.2) is 18.3 Å². The van der Waals surface area contributed by atoms with Crippen molar-refractivity contribution >= 4 is 17.7 Å². The number of hydrazone groups is 1. The molecule has 0 fully saturated rings. The summed E-state index contributed by atoms with van der Waals surface area (Å²) in [7, 11) is 1.59. The van der Waals surface area contributed by atoms with Gasteiger partial charge in [-0.3, -0.25) is 0 Å². The largest absolute Gasteiger partial charge is 0.496 e. The van der Waals surface area contributed by atoms with Crippen LogP contribution in [0.15, 0.2) is 40.4 Å². The number of nitriles is 1. The summed E-state index contributed by atoms with van der Waals surface area (Å²) in [6.45, 7) is 5.46. The van der Waals surface area contributed by atoms with Crippen LogP contribution < -0.4 is 10.2 Å². The second kappa shape index (κ2) is 6.39. The minimum atomic E-state index is 0.130. The molecule has 0 radical (unpaired) electrons. The Labute approximate surface area is 122 Å². The van der Waals surface area contributed by atoms with Gasteiger partial charge in [0.1, 0.15) is 11.8 Å². The first-order valence-electron chi connectivity index (χ1n) is 6.14. The molecule has 0 unspecified atom stereocenters. The minimum absolute atomic E-state index is 0.130. The Hall–Kier alpha value is -3.07. The third-order valence-corrected chi connectivity index (χ3v) is 2.61. The number of ether oxygens (including phenoxy) is 1.